The van der Waals surface area contributed by atoms with Crippen molar-refractivity contribution in [1.29, 1.82) is 0 Å². The molecule has 154 valence electrons. The topological polar surface area (TPSA) is 94.9 Å². The molecule has 3 aromatic carbocycles. The number of carbonyl (C=O) groups excluding carboxylic acids is 2. The van der Waals surface area contributed by atoms with E-state index >= 15 is 0 Å². The molecule has 31 heavy (non-hydrogen) atoms. The molecule has 0 unspecified atom stereocenters. The summed E-state index contributed by atoms with van der Waals surface area (Å²) in [5.74, 6) is -3.07. The Morgan fingerprint density at radius 1 is 0.839 bits per heavy atom. The van der Waals surface area contributed by atoms with Crippen molar-refractivity contribution in [3.8, 4) is 0 Å². The first-order valence-corrected chi connectivity index (χ1v) is 9.65. The molecule has 0 bridgehead atoms. The maximum absolute atomic E-state index is 13.1. The molecule has 2 N–H and O–H groups in total. The Balaban J connectivity index is 1.94. The van der Waals surface area contributed by atoms with Gasteiger partial charge in [-0.2, -0.15) is 0 Å². The molecule has 0 spiro atoms. The van der Waals surface area contributed by atoms with E-state index in [0.717, 1.165) is 5.56 Å². The van der Waals surface area contributed by atoms with Crippen LogP contribution in [0.15, 0.2) is 84.4 Å². The summed E-state index contributed by atoms with van der Waals surface area (Å²) in [6, 6.07) is 20.8. The Labute approximate surface area is 178 Å². The first-order valence-electron chi connectivity index (χ1n) is 9.65. The molecule has 1 amide bonds. The Bertz CT molecular complexity index is 1210. The molecule has 6 nitrogen and oxygen atoms in total. The zero-order valence-electron chi connectivity index (χ0n) is 16.6. The molecule has 1 saturated heterocycles. The van der Waals surface area contributed by atoms with Crippen molar-refractivity contribution < 1.29 is 24.6 Å². The van der Waals surface area contributed by atoms with Gasteiger partial charge < -0.3 is 10.2 Å². The fraction of sp³-hybridized carbons (Fsp3) is 0.0800. The second-order valence-corrected chi connectivity index (χ2v) is 7.30. The number of anilines is 1. The molecule has 3 aromatic rings. The fourth-order valence-electron chi connectivity index (χ4n) is 3.71. The van der Waals surface area contributed by atoms with E-state index in [4.69, 9.17) is 0 Å². The van der Waals surface area contributed by atoms with Crippen molar-refractivity contribution in [3.63, 3.8) is 0 Å². The van der Waals surface area contributed by atoms with Crippen LogP contribution >= 0.6 is 0 Å². The highest BCUT2D eigenvalue weighted by Gasteiger charge is 2.47. The quantitative estimate of drug-likeness (QED) is 0.377. The molecule has 0 aliphatic carbocycles. The van der Waals surface area contributed by atoms with Crippen LogP contribution in [0, 0.1) is 6.92 Å². The lowest BCUT2D eigenvalue weighted by Crippen LogP contribution is -2.29. The number of benzene rings is 3. The summed E-state index contributed by atoms with van der Waals surface area (Å²) in [4.78, 5) is 38.8. The molecule has 0 radical (unpaired) electrons. The number of nitrogens with zero attached hydrogens (tertiary/aromatic N) is 1. The van der Waals surface area contributed by atoms with Gasteiger partial charge in [0.05, 0.1) is 17.2 Å². The van der Waals surface area contributed by atoms with Crippen molar-refractivity contribution in [2.45, 2.75) is 13.0 Å². The highest BCUT2D eigenvalue weighted by molar-refractivity contribution is 6.51. The van der Waals surface area contributed by atoms with E-state index in [1.54, 1.807) is 60.7 Å². The number of carboxylic acids is 1. The maximum Gasteiger partial charge on any atom is 0.335 e. The molecule has 1 aliphatic heterocycles. The normalized spacial score (nSPS) is 17.7. The van der Waals surface area contributed by atoms with Gasteiger partial charge >= 0.3 is 5.97 Å². The van der Waals surface area contributed by atoms with Crippen molar-refractivity contribution >= 4 is 29.1 Å². The molecular weight excluding hydrogens is 394 g/mol. The van der Waals surface area contributed by atoms with E-state index in [1.165, 1.54) is 23.1 Å². The van der Waals surface area contributed by atoms with Crippen LogP contribution in [-0.4, -0.2) is 27.9 Å². The van der Waals surface area contributed by atoms with Gasteiger partial charge in [0.2, 0.25) is 0 Å². The van der Waals surface area contributed by atoms with Gasteiger partial charge in [0.1, 0.15) is 5.76 Å². The highest BCUT2D eigenvalue weighted by Crippen LogP contribution is 2.42. The number of aryl methyl sites for hydroxylation is 1. The number of ketones is 1. The Morgan fingerprint density at radius 2 is 1.52 bits per heavy atom. The zero-order valence-corrected chi connectivity index (χ0v) is 16.6. The van der Waals surface area contributed by atoms with E-state index in [2.05, 4.69) is 0 Å². The van der Waals surface area contributed by atoms with Crippen LogP contribution in [0.25, 0.3) is 5.76 Å². The standard InChI is InChI=1S/C25H19NO5/c1-15-10-12-17(13-11-15)22(27)20-21(16-6-3-2-4-7-16)26(24(29)23(20)28)19-9-5-8-18(14-19)25(30)31/h2-14,21,27H,1H3,(H,30,31)/b22-20+/t21-/m0/s1. The summed E-state index contributed by atoms with van der Waals surface area (Å²) >= 11 is 0. The number of hydrogen-bond donors (Lipinski definition) is 2. The zero-order chi connectivity index (χ0) is 22.1. The molecule has 1 atom stereocenters. The van der Waals surface area contributed by atoms with Crippen molar-refractivity contribution in [1.82, 2.24) is 0 Å². The molecule has 1 heterocycles. The summed E-state index contributed by atoms with van der Waals surface area (Å²) in [5, 5.41) is 20.4. The van der Waals surface area contributed by atoms with E-state index in [-0.39, 0.29) is 22.6 Å². The Hall–Kier alpha value is -4.19. The van der Waals surface area contributed by atoms with Crippen LogP contribution in [0.3, 0.4) is 0 Å². The maximum atomic E-state index is 13.1. The summed E-state index contributed by atoms with van der Waals surface area (Å²) in [6.45, 7) is 1.90. The fourth-order valence-corrected chi connectivity index (χ4v) is 3.71. The van der Waals surface area contributed by atoms with E-state index in [1.807, 2.05) is 6.92 Å². The van der Waals surface area contributed by atoms with Gasteiger partial charge in [-0.1, -0.05) is 66.2 Å². The number of aliphatic hydroxyl groups is 1. The largest absolute Gasteiger partial charge is 0.507 e. The van der Waals surface area contributed by atoms with Crippen molar-refractivity contribution in [2.75, 3.05) is 4.90 Å². The predicted molar refractivity (Wildman–Crippen MR) is 116 cm³/mol. The number of aromatic carboxylic acids is 1. The van der Waals surface area contributed by atoms with Crippen LogP contribution in [-0.2, 0) is 9.59 Å². The summed E-state index contributed by atoms with van der Waals surface area (Å²) in [6.07, 6.45) is 0. The molecule has 1 fully saturated rings. The molecular formula is C25H19NO5. The third kappa shape index (κ3) is 3.59. The number of carbonyl (C=O) groups is 3. The second kappa shape index (κ2) is 7.91. The smallest absolute Gasteiger partial charge is 0.335 e. The lowest BCUT2D eigenvalue weighted by atomic mass is 9.95. The van der Waals surface area contributed by atoms with E-state index < -0.39 is 23.7 Å². The van der Waals surface area contributed by atoms with Crippen LogP contribution in [0.1, 0.15) is 33.1 Å². The van der Waals surface area contributed by atoms with Gasteiger partial charge in [0.25, 0.3) is 11.7 Å². The summed E-state index contributed by atoms with van der Waals surface area (Å²) in [5.41, 5.74) is 2.24. The highest BCUT2D eigenvalue weighted by atomic mass is 16.4. The van der Waals surface area contributed by atoms with Gasteiger partial charge in [-0.05, 0) is 30.7 Å². The van der Waals surface area contributed by atoms with Crippen LogP contribution in [0.2, 0.25) is 0 Å². The van der Waals surface area contributed by atoms with Crippen LogP contribution < -0.4 is 4.90 Å². The number of hydrogen-bond acceptors (Lipinski definition) is 4. The predicted octanol–water partition coefficient (Wildman–Crippen LogP) is 4.32. The van der Waals surface area contributed by atoms with Gasteiger partial charge in [-0.3, -0.25) is 14.5 Å². The molecule has 6 heteroatoms. The molecule has 0 aromatic heterocycles. The van der Waals surface area contributed by atoms with E-state index in [0.29, 0.717) is 11.1 Å². The first kappa shape index (κ1) is 20.1. The second-order valence-electron chi connectivity index (χ2n) is 7.30. The number of amides is 1. The third-order valence-corrected chi connectivity index (χ3v) is 5.26. The van der Waals surface area contributed by atoms with Crippen molar-refractivity contribution in [3.05, 3.63) is 107 Å². The first-order chi connectivity index (χ1) is 14.9. The Morgan fingerprint density at radius 3 is 2.16 bits per heavy atom. The number of rotatable bonds is 4. The van der Waals surface area contributed by atoms with Gasteiger partial charge in [0, 0.05) is 11.3 Å². The molecule has 1 aliphatic rings. The molecule has 4 rings (SSSR count). The summed E-state index contributed by atoms with van der Waals surface area (Å²) < 4.78 is 0. The Kier molecular flexibility index (Phi) is 5.13. The SMILES string of the molecule is Cc1ccc(/C(O)=C2\C(=O)C(=O)N(c3cccc(C(=O)O)c3)[C@H]2c2ccccc2)cc1. The van der Waals surface area contributed by atoms with Crippen LogP contribution in [0.5, 0.6) is 0 Å². The third-order valence-electron chi connectivity index (χ3n) is 5.26. The van der Waals surface area contributed by atoms with Gasteiger partial charge in [-0.25, -0.2) is 4.79 Å². The number of aliphatic hydroxyl groups excluding tert-OH is 1. The van der Waals surface area contributed by atoms with Crippen LogP contribution in [0.4, 0.5) is 5.69 Å². The lowest BCUT2D eigenvalue weighted by Gasteiger charge is -2.25. The monoisotopic (exact) mass is 413 g/mol. The van der Waals surface area contributed by atoms with Gasteiger partial charge in [0.15, 0.2) is 0 Å². The minimum absolute atomic E-state index is 0.00949. The van der Waals surface area contributed by atoms with Crippen molar-refractivity contribution in [2.24, 2.45) is 0 Å². The number of Topliss-reactive ketones (excluding diaryl/α,β-unsaturated/α-hetero) is 1. The van der Waals surface area contributed by atoms with Gasteiger partial charge in [-0.15, -0.1) is 0 Å². The minimum Gasteiger partial charge on any atom is -0.507 e. The molecule has 0 saturated carbocycles. The van der Waals surface area contributed by atoms with E-state index in [9.17, 15) is 24.6 Å². The lowest BCUT2D eigenvalue weighted by molar-refractivity contribution is -0.132. The average molecular weight is 413 g/mol. The summed E-state index contributed by atoms with van der Waals surface area (Å²) in [7, 11) is 0. The number of carboxylic acid groups (broad SMARTS) is 1. The minimum atomic E-state index is -1.14. The average Bonchev–Trinajstić information content (AvgIpc) is 3.05.